The molecule has 19 heavy (non-hydrogen) atoms. The first-order valence-corrected chi connectivity index (χ1v) is 7.79. The highest BCUT2D eigenvalue weighted by Gasteiger charge is 2.41. The van der Waals surface area contributed by atoms with Gasteiger partial charge < -0.3 is 9.84 Å². The fourth-order valence-electron chi connectivity index (χ4n) is 4.20. The van der Waals surface area contributed by atoms with E-state index in [4.69, 9.17) is 4.74 Å². The van der Waals surface area contributed by atoms with Gasteiger partial charge in [-0.1, -0.05) is 19.3 Å². The minimum absolute atomic E-state index is 0.0902. The summed E-state index contributed by atoms with van der Waals surface area (Å²) >= 11 is 0. The molecule has 0 unspecified atom stereocenters. The summed E-state index contributed by atoms with van der Waals surface area (Å²) in [6.45, 7) is 12.0. The molecule has 0 aromatic carbocycles. The monoisotopic (exact) mass is 269 g/mol. The SMILES string of the molecule is CC1(C)CN(CC2(CO)CCCCC2)CC(C)(C)O1. The first-order chi connectivity index (χ1) is 8.76. The summed E-state index contributed by atoms with van der Waals surface area (Å²) in [5.74, 6) is 0. The minimum atomic E-state index is -0.0902. The second-order valence-electron chi connectivity index (χ2n) is 7.99. The topological polar surface area (TPSA) is 32.7 Å². The molecule has 0 spiro atoms. The van der Waals surface area contributed by atoms with Crippen LogP contribution in [0.2, 0.25) is 0 Å². The van der Waals surface area contributed by atoms with Crippen LogP contribution in [0, 0.1) is 5.41 Å². The molecule has 1 aliphatic carbocycles. The zero-order valence-corrected chi connectivity index (χ0v) is 13.2. The number of aliphatic hydroxyl groups excluding tert-OH is 1. The summed E-state index contributed by atoms with van der Waals surface area (Å²) < 4.78 is 6.14. The highest BCUT2D eigenvalue weighted by Crippen LogP contribution is 2.38. The van der Waals surface area contributed by atoms with Crippen molar-refractivity contribution < 1.29 is 9.84 Å². The summed E-state index contributed by atoms with van der Waals surface area (Å²) in [5, 5.41) is 9.87. The van der Waals surface area contributed by atoms with Crippen LogP contribution in [0.25, 0.3) is 0 Å². The molecular formula is C16H31NO2. The lowest BCUT2D eigenvalue weighted by Gasteiger charge is -2.50. The maximum absolute atomic E-state index is 9.87. The zero-order valence-electron chi connectivity index (χ0n) is 13.2. The normalized spacial score (nSPS) is 30.2. The van der Waals surface area contributed by atoms with Crippen LogP contribution >= 0.6 is 0 Å². The summed E-state index contributed by atoms with van der Waals surface area (Å²) in [6.07, 6.45) is 6.25. The fraction of sp³-hybridized carbons (Fsp3) is 1.00. The molecule has 0 bridgehead atoms. The Bertz CT molecular complexity index is 290. The number of rotatable bonds is 3. The minimum Gasteiger partial charge on any atom is -0.396 e. The van der Waals surface area contributed by atoms with Crippen molar-refractivity contribution in [2.24, 2.45) is 5.41 Å². The molecular weight excluding hydrogens is 238 g/mol. The Morgan fingerprint density at radius 3 is 1.95 bits per heavy atom. The van der Waals surface area contributed by atoms with Gasteiger partial charge in [-0.3, -0.25) is 4.90 Å². The molecule has 0 aromatic heterocycles. The third-order valence-corrected chi connectivity index (χ3v) is 4.57. The van der Waals surface area contributed by atoms with Crippen LogP contribution in [-0.4, -0.2) is 47.4 Å². The van der Waals surface area contributed by atoms with Crippen molar-refractivity contribution in [3.8, 4) is 0 Å². The van der Waals surface area contributed by atoms with E-state index in [-0.39, 0.29) is 16.6 Å². The lowest BCUT2D eigenvalue weighted by molar-refractivity contribution is -0.187. The first kappa shape index (κ1) is 15.3. The average Bonchev–Trinajstić information content (AvgIpc) is 2.25. The van der Waals surface area contributed by atoms with E-state index in [2.05, 4.69) is 32.6 Å². The van der Waals surface area contributed by atoms with Gasteiger partial charge in [0.15, 0.2) is 0 Å². The molecule has 1 aliphatic heterocycles. The molecule has 2 aliphatic rings. The summed E-state index contributed by atoms with van der Waals surface area (Å²) in [6, 6.07) is 0. The third kappa shape index (κ3) is 3.93. The van der Waals surface area contributed by atoms with E-state index in [0.29, 0.717) is 6.61 Å². The van der Waals surface area contributed by atoms with Crippen molar-refractivity contribution in [3.05, 3.63) is 0 Å². The number of hydrogen-bond acceptors (Lipinski definition) is 3. The lowest BCUT2D eigenvalue weighted by atomic mass is 9.74. The highest BCUT2D eigenvalue weighted by atomic mass is 16.5. The van der Waals surface area contributed by atoms with E-state index in [1.54, 1.807) is 0 Å². The maximum Gasteiger partial charge on any atom is 0.0760 e. The second kappa shape index (κ2) is 5.34. The Morgan fingerprint density at radius 2 is 1.47 bits per heavy atom. The number of ether oxygens (including phenoxy) is 1. The van der Waals surface area contributed by atoms with Gasteiger partial charge in [0.25, 0.3) is 0 Å². The van der Waals surface area contributed by atoms with Gasteiger partial charge in [0.05, 0.1) is 11.2 Å². The predicted molar refractivity (Wildman–Crippen MR) is 78.3 cm³/mol. The Kier molecular flexibility index (Phi) is 4.29. The van der Waals surface area contributed by atoms with Crippen LogP contribution in [0.5, 0.6) is 0 Å². The average molecular weight is 269 g/mol. The second-order valence-corrected chi connectivity index (χ2v) is 7.99. The molecule has 2 rings (SSSR count). The number of morpholine rings is 1. The van der Waals surface area contributed by atoms with Gasteiger partial charge in [-0.15, -0.1) is 0 Å². The predicted octanol–water partition coefficient (Wildman–Crippen LogP) is 2.82. The van der Waals surface area contributed by atoms with Crippen molar-refractivity contribution in [2.75, 3.05) is 26.2 Å². The maximum atomic E-state index is 9.87. The van der Waals surface area contributed by atoms with Crippen LogP contribution in [0.4, 0.5) is 0 Å². The van der Waals surface area contributed by atoms with Gasteiger partial charge in [-0.2, -0.15) is 0 Å². The van der Waals surface area contributed by atoms with E-state index in [1.165, 1.54) is 32.1 Å². The lowest BCUT2D eigenvalue weighted by Crippen LogP contribution is -2.59. The molecule has 0 radical (unpaired) electrons. The molecule has 2 fully saturated rings. The van der Waals surface area contributed by atoms with Crippen molar-refractivity contribution >= 4 is 0 Å². The Balaban J connectivity index is 2.04. The van der Waals surface area contributed by atoms with E-state index < -0.39 is 0 Å². The van der Waals surface area contributed by atoms with Crippen molar-refractivity contribution in [1.82, 2.24) is 4.90 Å². The molecule has 3 heteroatoms. The quantitative estimate of drug-likeness (QED) is 0.855. The van der Waals surface area contributed by atoms with E-state index >= 15 is 0 Å². The van der Waals surface area contributed by atoms with Gasteiger partial charge in [0.2, 0.25) is 0 Å². The Labute approximate surface area is 118 Å². The van der Waals surface area contributed by atoms with Crippen LogP contribution in [0.3, 0.4) is 0 Å². The van der Waals surface area contributed by atoms with Crippen molar-refractivity contribution in [2.45, 2.75) is 71.0 Å². The molecule has 1 N–H and O–H groups in total. The first-order valence-electron chi connectivity index (χ1n) is 7.79. The molecule has 112 valence electrons. The molecule has 1 saturated carbocycles. The number of hydrogen-bond donors (Lipinski definition) is 1. The van der Waals surface area contributed by atoms with Crippen LogP contribution in [0.15, 0.2) is 0 Å². The standard InChI is InChI=1S/C16H31NO2/c1-14(2)10-17(11-15(3,4)19-14)12-16(13-18)8-6-5-7-9-16/h18H,5-13H2,1-4H3. The Morgan fingerprint density at radius 1 is 0.947 bits per heavy atom. The smallest absolute Gasteiger partial charge is 0.0760 e. The third-order valence-electron chi connectivity index (χ3n) is 4.57. The molecule has 0 amide bonds. The summed E-state index contributed by atoms with van der Waals surface area (Å²) in [7, 11) is 0. The molecule has 1 heterocycles. The molecule has 3 nitrogen and oxygen atoms in total. The van der Waals surface area contributed by atoms with Gasteiger partial charge in [-0.25, -0.2) is 0 Å². The zero-order chi connectivity index (χ0) is 14.1. The molecule has 1 saturated heterocycles. The van der Waals surface area contributed by atoms with Crippen molar-refractivity contribution in [1.29, 1.82) is 0 Å². The largest absolute Gasteiger partial charge is 0.396 e. The highest BCUT2D eigenvalue weighted by molar-refractivity contribution is 4.93. The molecule has 0 aromatic rings. The fourth-order valence-corrected chi connectivity index (χ4v) is 4.20. The van der Waals surface area contributed by atoms with E-state index in [0.717, 1.165) is 19.6 Å². The summed E-state index contributed by atoms with van der Waals surface area (Å²) in [5.41, 5.74) is -0.0398. The van der Waals surface area contributed by atoms with Gasteiger partial charge >= 0.3 is 0 Å². The van der Waals surface area contributed by atoms with E-state index in [1.807, 2.05) is 0 Å². The van der Waals surface area contributed by atoms with Crippen LogP contribution in [-0.2, 0) is 4.74 Å². The summed E-state index contributed by atoms with van der Waals surface area (Å²) in [4.78, 5) is 2.52. The van der Waals surface area contributed by atoms with E-state index in [9.17, 15) is 5.11 Å². The van der Waals surface area contributed by atoms with Gasteiger partial charge in [0.1, 0.15) is 0 Å². The van der Waals surface area contributed by atoms with Crippen LogP contribution in [0.1, 0.15) is 59.8 Å². The molecule has 0 atom stereocenters. The number of aliphatic hydroxyl groups is 1. The Hall–Kier alpha value is -0.120. The van der Waals surface area contributed by atoms with Gasteiger partial charge in [0, 0.05) is 31.7 Å². The number of nitrogens with zero attached hydrogens (tertiary/aromatic N) is 1. The van der Waals surface area contributed by atoms with Crippen LogP contribution < -0.4 is 0 Å². The van der Waals surface area contributed by atoms with Gasteiger partial charge in [-0.05, 0) is 40.5 Å². The van der Waals surface area contributed by atoms with Crippen molar-refractivity contribution in [3.63, 3.8) is 0 Å².